The van der Waals surface area contributed by atoms with Crippen LogP contribution in [0.2, 0.25) is 0 Å². The number of rotatable bonds is 3. The Labute approximate surface area is 120 Å². The number of likely N-dealkylation sites (tertiary alicyclic amines) is 1. The van der Waals surface area contributed by atoms with Crippen molar-refractivity contribution in [2.75, 3.05) is 13.1 Å². The summed E-state index contributed by atoms with van der Waals surface area (Å²) in [6, 6.07) is 7.95. The first-order valence-corrected chi connectivity index (χ1v) is 7.11. The Morgan fingerprint density at radius 2 is 2.37 bits per heavy atom. The zero-order valence-electron chi connectivity index (χ0n) is 10.4. The summed E-state index contributed by atoms with van der Waals surface area (Å²) in [6.45, 7) is 2.26. The van der Waals surface area contributed by atoms with Gasteiger partial charge in [-0.15, -0.1) is 0 Å². The van der Waals surface area contributed by atoms with Gasteiger partial charge < -0.3 is 9.52 Å². The number of aromatic nitrogens is 1. The van der Waals surface area contributed by atoms with E-state index in [1.54, 1.807) is 6.20 Å². The minimum absolute atomic E-state index is 0.209. The smallest absolute Gasteiger partial charge is 0.209 e. The molecule has 0 radical (unpaired) electrons. The SMILES string of the molecule is O[C@H]1CCN(Cc2ncc(-c3cccc(Br)c3)o2)C1. The molecule has 0 amide bonds. The van der Waals surface area contributed by atoms with Gasteiger partial charge in [-0.25, -0.2) is 4.98 Å². The number of hydrogen-bond donors (Lipinski definition) is 1. The van der Waals surface area contributed by atoms with Gasteiger partial charge in [0.1, 0.15) is 0 Å². The van der Waals surface area contributed by atoms with Crippen LogP contribution in [-0.2, 0) is 6.54 Å². The predicted octanol–water partition coefficient (Wildman–Crippen LogP) is 2.67. The van der Waals surface area contributed by atoms with Gasteiger partial charge in [-0.3, -0.25) is 4.90 Å². The highest BCUT2D eigenvalue weighted by molar-refractivity contribution is 9.10. The molecule has 1 saturated heterocycles. The van der Waals surface area contributed by atoms with Crippen molar-refractivity contribution >= 4 is 15.9 Å². The molecule has 4 nitrogen and oxygen atoms in total. The van der Waals surface area contributed by atoms with E-state index in [1.165, 1.54) is 0 Å². The molecule has 1 aliphatic heterocycles. The molecule has 1 aromatic heterocycles. The molecule has 1 N–H and O–H groups in total. The number of oxazole rings is 1. The molecular weight excluding hydrogens is 308 g/mol. The maximum atomic E-state index is 9.49. The fourth-order valence-electron chi connectivity index (χ4n) is 2.31. The van der Waals surface area contributed by atoms with Crippen molar-refractivity contribution in [1.29, 1.82) is 0 Å². The number of hydrogen-bond acceptors (Lipinski definition) is 4. The highest BCUT2D eigenvalue weighted by Crippen LogP contribution is 2.24. The highest BCUT2D eigenvalue weighted by Gasteiger charge is 2.21. The third-order valence-electron chi connectivity index (χ3n) is 3.27. The first-order valence-electron chi connectivity index (χ1n) is 6.32. The maximum absolute atomic E-state index is 9.49. The zero-order valence-corrected chi connectivity index (χ0v) is 12.0. The maximum Gasteiger partial charge on any atom is 0.209 e. The molecule has 100 valence electrons. The minimum Gasteiger partial charge on any atom is -0.439 e. The Bertz CT molecular complexity index is 570. The molecule has 1 aliphatic rings. The summed E-state index contributed by atoms with van der Waals surface area (Å²) in [5.74, 6) is 1.47. The Kier molecular flexibility index (Phi) is 3.68. The Morgan fingerprint density at radius 3 is 3.11 bits per heavy atom. The van der Waals surface area contributed by atoms with Crippen LogP contribution in [0.15, 0.2) is 39.4 Å². The van der Waals surface area contributed by atoms with Crippen LogP contribution in [-0.4, -0.2) is 34.2 Å². The largest absolute Gasteiger partial charge is 0.439 e. The second-order valence-electron chi connectivity index (χ2n) is 4.81. The normalized spacial score (nSPS) is 20.0. The van der Waals surface area contributed by atoms with Crippen molar-refractivity contribution in [3.63, 3.8) is 0 Å². The summed E-state index contributed by atoms with van der Waals surface area (Å²) in [7, 11) is 0. The molecule has 2 heterocycles. The predicted molar refractivity (Wildman–Crippen MR) is 75.5 cm³/mol. The third kappa shape index (κ3) is 3.05. The van der Waals surface area contributed by atoms with E-state index in [2.05, 4.69) is 25.8 Å². The van der Waals surface area contributed by atoms with Crippen LogP contribution in [0, 0.1) is 0 Å². The zero-order chi connectivity index (χ0) is 13.2. The van der Waals surface area contributed by atoms with Crippen molar-refractivity contribution in [2.24, 2.45) is 0 Å². The lowest BCUT2D eigenvalue weighted by Crippen LogP contribution is -2.21. The van der Waals surface area contributed by atoms with E-state index < -0.39 is 0 Å². The van der Waals surface area contributed by atoms with Crippen LogP contribution in [0.25, 0.3) is 11.3 Å². The van der Waals surface area contributed by atoms with Crippen LogP contribution in [0.5, 0.6) is 0 Å². The molecule has 0 unspecified atom stereocenters. The van der Waals surface area contributed by atoms with Gasteiger partial charge in [0.05, 0.1) is 18.8 Å². The number of aliphatic hydroxyl groups is 1. The number of β-amino-alcohol motifs (C(OH)–C–C–N with tert-alkyl or cyclic N) is 1. The molecule has 19 heavy (non-hydrogen) atoms. The third-order valence-corrected chi connectivity index (χ3v) is 3.76. The average molecular weight is 323 g/mol. The minimum atomic E-state index is -0.209. The van der Waals surface area contributed by atoms with Crippen LogP contribution in [0.3, 0.4) is 0 Å². The lowest BCUT2D eigenvalue weighted by Gasteiger charge is -2.11. The summed E-state index contributed by atoms with van der Waals surface area (Å²) in [4.78, 5) is 6.46. The van der Waals surface area contributed by atoms with Gasteiger partial charge >= 0.3 is 0 Å². The topological polar surface area (TPSA) is 49.5 Å². The lowest BCUT2D eigenvalue weighted by atomic mass is 10.2. The summed E-state index contributed by atoms with van der Waals surface area (Å²) in [6.07, 6.45) is 2.38. The molecule has 1 fully saturated rings. The molecule has 0 aliphatic carbocycles. The van der Waals surface area contributed by atoms with E-state index in [1.807, 2.05) is 24.3 Å². The second-order valence-corrected chi connectivity index (χ2v) is 5.72. The van der Waals surface area contributed by atoms with Gasteiger partial charge in [-0.1, -0.05) is 28.1 Å². The van der Waals surface area contributed by atoms with Gasteiger partial charge in [-0.05, 0) is 18.6 Å². The number of nitrogens with zero attached hydrogens (tertiary/aromatic N) is 2. The fraction of sp³-hybridized carbons (Fsp3) is 0.357. The molecule has 3 rings (SSSR count). The Morgan fingerprint density at radius 1 is 1.47 bits per heavy atom. The number of benzene rings is 1. The van der Waals surface area contributed by atoms with Crippen molar-refractivity contribution in [2.45, 2.75) is 19.1 Å². The number of halogens is 1. The van der Waals surface area contributed by atoms with Crippen molar-refractivity contribution in [3.8, 4) is 11.3 Å². The summed E-state index contributed by atoms with van der Waals surface area (Å²) < 4.78 is 6.79. The first kappa shape index (κ1) is 12.8. The van der Waals surface area contributed by atoms with Gasteiger partial charge in [-0.2, -0.15) is 0 Å². The molecule has 2 aromatic rings. The summed E-state index contributed by atoms with van der Waals surface area (Å²) >= 11 is 3.45. The average Bonchev–Trinajstić information content (AvgIpc) is 2.99. The van der Waals surface area contributed by atoms with Crippen LogP contribution >= 0.6 is 15.9 Å². The highest BCUT2D eigenvalue weighted by atomic mass is 79.9. The molecule has 5 heteroatoms. The van der Waals surface area contributed by atoms with Gasteiger partial charge in [0.2, 0.25) is 5.89 Å². The summed E-state index contributed by atoms with van der Waals surface area (Å²) in [5.41, 5.74) is 1.01. The Hall–Kier alpha value is -1.17. The Balaban J connectivity index is 1.73. The number of aliphatic hydroxyl groups excluding tert-OH is 1. The molecule has 0 saturated carbocycles. The molecule has 1 atom stereocenters. The van der Waals surface area contributed by atoms with Crippen LogP contribution in [0.1, 0.15) is 12.3 Å². The van der Waals surface area contributed by atoms with E-state index in [-0.39, 0.29) is 6.10 Å². The standard InChI is InChI=1S/C14H15BrN2O2/c15-11-3-1-2-10(6-11)13-7-16-14(19-13)9-17-5-4-12(18)8-17/h1-3,6-7,12,18H,4-5,8-9H2/t12-/m0/s1. The van der Waals surface area contributed by atoms with E-state index >= 15 is 0 Å². The fourth-order valence-corrected chi connectivity index (χ4v) is 2.70. The quantitative estimate of drug-likeness (QED) is 0.943. The molecule has 0 bridgehead atoms. The lowest BCUT2D eigenvalue weighted by molar-refractivity contribution is 0.171. The monoisotopic (exact) mass is 322 g/mol. The second kappa shape index (κ2) is 5.45. The van der Waals surface area contributed by atoms with E-state index in [4.69, 9.17) is 4.42 Å². The van der Waals surface area contributed by atoms with Crippen molar-refractivity contribution in [3.05, 3.63) is 40.8 Å². The van der Waals surface area contributed by atoms with E-state index in [0.29, 0.717) is 19.0 Å². The van der Waals surface area contributed by atoms with Crippen LogP contribution in [0.4, 0.5) is 0 Å². The van der Waals surface area contributed by atoms with Crippen molar-refractivity contribution in [1.82, 2.24) is 9.88 Å². The van der Waals surface area contributed by atoms with E-state index in [0.717, 1.165) is 28.8 Å². The van der Waals surface area contributed by atoms with Gasteiger partial charge in [0.25, 0.3) is 0 Å². The van der Waals surface area contributed by atoms with Gasteiger partial charge in [0, 0.05) is 23.1 Å². The van der Waals surface area contributed by atoms with Crippen molar-refractivity contribution < 1.29 is 9.52 Å². The van der Waals surface area contributed by atoms with Gasteiger partial charge in [0.15, 0.2) is 5.76 Å². The van der Waals surface area contributed by atoms with E-state index in [9.17, 15) is 5.11 Å². The molecular formula is C14H15BrN2O2. The van der Waals surface area contributed by atoms with Crippen LogP contribution < -0.4 is 0 Å². The molecule has 1 aromatic carbocycles. The summed E-state index contributed by atoms with van der Waals surface area (Å²) in [5, 5.41) is 9.49. The first-order chi connectivity index (χ1) is 9.20. The molecule has 0 spiro atoms.